The van der Waals surface area contributed by atoms with E-state index in [9.17, 15) is 19.2 Å². The predicted octanol–water partition coefficient (Wildman–Crippen LogP) is 3.19. The Hall–Kier alpha value is -4.66. The predicted molar refractivity (Wildman–Crippen MR) is 131 cm³/mol. The summed E-state index contributed by atoms with van der Waals surface area (Å²) in [7, 11) is 0. The van der Waals surface area contributed by atoms with Gasteiger partial charge in [0.05, 0.1) is 11.4 Å². The summed E-state index contributed by atoms with van der Waals surface area (Å²) in [5, 5.41) is 8.30. The van der Waals surface area contributed by atoms with E-state index in [1.165, 1.54) is 4.90 Å². The maximum atomic E-state index is 13.0. The van der Waals surface area contributed by atoms with E-state index in [4.69, 9.17) is 4.74 Å². The Morgan fingerprint density at radius 1 is 0.886 bits per heavy atom. The largest absolute Gasteiger partial charge is 0.484 e. The molecule has 2 aliphatic rings. The molecule has 35 heavy (non-hydrogen) atoms. The van der Waals surface area contributed by atoms with Gasteiger partial charge in [-0.1, -0.05) is 12.1 Å². The van der Waals surface area contributed by atoms with Crippen LogP contribution < -0.4 is 25.6 Å². The van der Waals surface area contributed by atoms with Crippen LogP contribution in [0.15, 0.2) is 66.7 Å². The van der Waals surface area contributed by atoms with Crippen LogP contribution in [-0.2, 0) is 20.8 Å². The van der Waals surface area contributed by atoms with Gasteiger partial charge in [0.25, 0.3) is 11.8 Å². The molecule has 0 unspecified atom stereocenters. The van der Waals surface area contributed by atoms with Crippen LogP contribution in [0, 0.1) is 0 Å². The highest BCUT2D eigenvalue weighted by Crippen LogP contribution is 2.30. The number of nitrogens with one attached hydrogen (secondary N) is 3. The summed E-state index contributed by atoms with van der Waals surface area (Å²) < 4.78 is 5.59. The van der Waals surface area contributed by atoms with Gasteiger partial charge in [-0.15, -0.1) is 0 Å². The molecule has 9 heteroatoms. The van der Waals surface area contributed by atoms with E-state index in [1.54, 1.807) is 60.7 Å². The SMILES string of the molecule is O=C(COc1ccc2c(c1)CCC(=O)N2)Nc1ccc(C(=O)N2CC(=O)Nc3ccccc32)cc1. The first-order valence-corrected chi connectivity index (χ1v) is 11.1. The lowest BCUT2D eigenvalue weighted by molar-refractivity contribution is -0.118. The fourth-order valence-corrected chi connectivity index (χ4v) is 4.06. The zero-order chi connectivity index (χ0) is 24.4. The third kappa shape index (κ3) is 4.84. The number of carbonyl (C=O) groups excluding carboxylic acids is 4. The first-order valence-electron chi connectivity index (χ1n) is 11.1. The summed E-state index contributed by atoms with van der Waals surface area (Å²) in [6.07, 6.45) is 1.05. The standard InChI is InChI=1S/C26H22N4O5/c31-23-12-7-17-13-19(10-11-20(17)28-23)35-15-25(33)27-18-8-5-16(6-9-18)26(34)30-14-24(32)29-21-3-1-2-4-22(21)30/h1-6,8-11,13H,7,12,14-15H2,(H,27,33)(H,28,31)(H,29,32). The normalized spacial score (nSPS) is 14.2. The van der Waals surface area contributed by atoms with Crippen LogP contribution in [0.1, 0.15) is 22.3 Å². The van der Waals surface area contributed by atoms with Gasteiger partial charge in [-0.2, -0.15) is 0 Å². The minimum atomic E-state index is -0.350. The number of para-hydroxylation sites is 2. The fraction of sp³-hybridized carbons (Fsp3) is 0.154. The highest BCUT2D eigenvalue weighted by atomic mass is 16.5. The molecule has 3 aromatic carbocycles. The lowest BCUT2D eigenvalue weighted by Gasteiger charge is -2.29. The van der Waals surface area contributed by atoms with Crippen LogP contribution in [0.2, 0.25) is 0 Å². The average molecular weight is 470 g/mol. The molecule has 9 nitrogen and oxygen atoms in total. The molecule has 0 saturated carbocycles. The third-order valence-corrected chi connectivity index (χ3v) is 5.77. The molecule has 2 heterocycles. The highest BCUT2D eigenvalue weighted by Gasteiger charge is 2.27. The Labute approximate surface area is 201 Å². The molecule has 0 saturated heterocycles. The average Bonchev–Trinajstić information content (AvgIpc) is 2.87. The minimum Gasteiger partial charge on any atom is -0.484 e. The molecule has 0 atom stereocenters. The van der Waals surface area contributed by atoms with Gasteiger partial charge in [-0.05, 0) is 66.6 Å². The molecule has 5 rings (SSSR count). The van der Waals surface area contributed by atoms with Crippen molar-refractivity contribution in [2.24, 2.45) is 0 Å². The summed E-state index contributed by atoms with van der Waals surface area (Å²) in [6.45, 7) is -0.258. The van der Waals surface area contributed by atoms with Crippen molar-refractivity contribution in [1.29, 1.82) is 0 Å². The topological polar surface area (TPSA) is 117 Å². The molecule has 176 valence electrons. The smallest absolute Gasteiger partial charge is 0.262 e. The van der Waals surface area contributed by atoms with Crippen molar-refractivity contribution in [3.05, 3.63) is 77.9 Å². The van der Waals surface area contributed by atoms with Crippen molar-refractivity contribution >= 4 is 46.4 Å². The Morgan fingerprint density at radius 3 is 2.49 bits per heavy atom. The van der Waals surface area contributed by atoms with Crippen LogP contribution in [0.4, 0.5) is 22.7 Å². The van der Waals surface area contributed by atoms with Gasteiger partial charge in [0.1, 0.15) is 12.3 Å². The number of rotatable bonds is 5. The molecule has 4 amide bonds. The number of amides is 4. The van der Waals surface area contributed by atoms with Crippen LogP contribution in [0.3, 0.4) is 0 Å². The number of carbonyl (C=O) groups is 4. The summed E-state index contributed by atoms with van der Waals surface area (Å²) >= 11 is 0. The van der Waals surface area contributed by atoms with Crippen molar-refractivity contribution in [1.82, 2.24) is 0 Å². The van der Waals surface area contributed by atoms with Crippen LogP contribution in [0.25, 0.3) is 0 Å². The fourth-order valence-electron chi connectivity index (χ4n) is 4.06. The van der Waals surface area contributed by atoms with E-state index in [1.807, 2.05) is 6.07 Å². The summed E-state index contributed by atoms with van der Waals surface area (Å²) in [4.78, 5) is 50.3. The molecule has 0 fully saturated rings. The molecule has 0 aliphatic carbocycles. The Balaban J connectivity index is 1.19. The van der Waals surface area contributed by atoms with Gasteiger partial charge in [0.15, 0.2) is 6.61 Å². The van der Waals surface area contributed by atoms with Crippen molar-refractivity contribution in [3.63, 3.8) is 0 Å². The molecular formula is C26H22N4O5. The number of aryl methyl sites for hydroxylation is 1. The lowest BCUT2D eigenvalue weighted by atomic mass is 10.0. The number of ether oxygens (including phenoxy) is 1. The third-order valence-electron chi connectivity index (χ3n) is 5.77. The number of hydrogen-bond donors (Lipinski definition) is 3. The maximum absolute atomic E-state index is 13.0. The Morgan fingerprint density at radius 2 is 1.66 bits per heavy atom. The summed E-state index contributed by atoms with van der Waals surface area (Å²) in [6, 6.07) is 18.9. The van der Waals surface area contributed by atoms with Gasteiger partial charge in [-0.25, -0.2) is 0 Å². The number of anilines is 4. The zero-order valence-electron chi connectivity index (χ0n) is 18.7. The second kappa shape index (κ2) is 9.30. The molecule has 0 spiro atoms. The number of nitrogens with zero attached hydrogens (tertiary/aromatic N) is 1. The summed E-state index contributed by atoms with van der Waals surface area (Å²) in [5.74, 6) is -0.384. The van der Waals surface area contributed by atoms with Crippen molar-refractivity contribution in [2.75, 3.05) is 34.0 Å². The molecule has 0 bridgehead atoms. The van der Waals surface area contributed by atoms with Gasteiger partial charge < -0.3 is 20.7 Å². The number of hydrogen-bond acceptors (Lipinski definition) is 5. The molecule has 2 aliphatic heterocycles. The van der Waals surface area contributed by atoms with Gasteiger partial charge in [0.2, 0.25) is 11.8 Å². The van der Waals surface area contributed by atoms with E-state index in [2.05, 4.69) is 16.0 Å². The first kappa shape index (κ1) is 22.1. The number of benzene rings is 3. The van der Waals surface area contributed by atoms with Crippen LogP contribution in [-0.4, -0.2) is 36.8 Å². The minimum absolute atomic E-state index is 0.00972. The van der Waals surface area contributed by atoms with Gasteiger partial charge in [0, 0.05) is 23.4 Å². The first-order chi connectivity index (χ1) is 17.0. The molecule has 3 aromatic rings. The zero-order valence-corrected chi connectivity index (χ0v) is 18.7. The van der Waals surface area contributed by atoms with Crippen molar-refractivity contribution in [2.45, 2.75) is 12.8 Å². The van der Waals surface area contributed by atoms with E-state index < -0.39 is 0 Å². The second-order valence-electron chi connectivity index (χ2n) is 8.24. The Bertz CT molecular complexity index is 1340. The highest BCUT2D eigenvalue weighted by molar-refractivity contribution is 6.15. The lowest BCUT2D eigenvalue weighted by Crippen LogP contribution is -2.42. The van der Waals surface area contributed by atoms with E-state index in [-0.39, 0.29) is 36.8 Å². The summed E-state index contributed by atoms with van der Waals surface area (Å²) in [5.41, 5.74) is 3.86. The van der Waals surface area contributed by atoms with Crippen LogP contribution in [0.5, 0.6) is 5.75 Å². The molecule has 3 N–H and O–H groups in total. The van der Waals surface area contributed by atoms with E-state index in [0.29, 0.717) is 41.2 Å². The van der Waals surface area contributed by atoms with Crippen LogP contribution >= 0.6 is 0 Å². The van der Waals surface area contributed by atoms with Crippen molar-refractivity contribution < 1.29 is 23.9 Å². The second-order valence-corrected chi connectivity index (χ2v) is 8.24. The van der Waals surface area contributed by atoms with Gasteiger partial charge >= 0.3 is 0 Å². The van der Waals surface area contributed by atoms with E-state index >= 15 is 0 Å². The number of fused-ring (bicyclic) bond motifs is 2. The monoisotopic (exact) mass is 470 g/mol. The van der Waals surface area contributed by atoms with E-state index in [0.717, 1.165) is 11.3 Å². The Kier molecular flexibility index (Phi) is 5.88. The van der Waals surface area contributed by atoms with Gasteiger partial charge in [-0.3, -0.25) is 24.1 Å². The molecular weight excluding hydrogens is 448 g/mol. The molecule has 0 radical (unpaired) electrons. The quantitative estimate of drug-likeness (QED) is 0.530. The van der Waals surface area contributed by atoms with Crippen molar-refractivity contribution in [3.8, 4) is 5.75 Å². The maximum Gasteiger partial charge on any atom is 0.262 e. The molecule has 0 aromatic heterocycles.